The predicted octanol–water partition coefficient (Wildman–Crippen LogP) is 4.72. The van der Waals surface area contributed by atoms with Crippen molar-refractivity contribution in [2.75, 3.05) is 13.2 Å². The Balaban J connectivity index is 1.93. The second-order valence-electron chi connectivity index (χ2n) is 8.10. The molecule has 1 aliphatic heterocycles. The fourth-order valence-electron chi connectivity index (χ4n) is 3.64. The molecule has 0 aromatic heterocycles. The Kier molecular flexibility index (Phi) is 8.40. The molecule has 0 fully saturated rings. The highest BCUT2D eigenvalue weighted by Gasteiger charge is 2.43. The van der Waals surface area contributed by atoms with Crippen molar-refractivity contribution in [3.63, 3.8) is 0 Å². The Labute approximate surface area is 198 Å². The number of rotatable bonds is 10. The summed E-state index contributed by atoms with van der Waals surface area (Å²) in [7, 11) is 0. The summed E-state index contributed by atoms with van der Waals surface area (Å²) in [5.41, 5.74) is 1.31. The number of unbranched alkanes of at least 4 members (excludes halogenated alkanes) is 2. The lowest BCUT2D eigenvalue weighted by molar-refractivity contribution is -0.147. The third-order valence-electron chi connectivity index (χ3n) is 5.48. The molecule has 0 radical (unpaired) electrons. The Morgan fingerprint density at radius 2 is 1.65 bits per heavy atom. The smallest absolute Gasteiger partial charge is 0.330 e. The maximum Gasteiger partial charge on any atom is 0.330 e. The first kappa shape index (κ1) is 25.0. The zero-order valence-corrected chi connectivity index (χ0v) is 19.3. The molecule has 0 aliphatic carbocycles. The molecule has 182 valence electrons. The molecule has 0 unspecified atom stereocenters. The van der Waals surface area contributed by atoms with E-state index in [2.05, 4.69) is 0 Å². The van der Waals surface area contributed by atoms with Crippen LogP contribution in [-0.2, 0) is 19.1 Å². The van der Waals surface area contributed by atoms with E-state index in [4.69, 9.17) is 14.2 Å². The van der Waals surface area contributed by atoms with Crippen LogP contribution in [0.5, 0.6) is 23.0 Å². The van der Waals surface area contributed by atoms with Gasteiger partial charge in [0.25, 0.3) is 0 Å². The number of carbonyl (C=O) groups is 2. The summed E-state index contributed by atoms with van der Waals surface area (Å²) >= 11 is 0. The molecule has 34 heavy (non-hydrogen) atoms. The summed E-state index contributed by atoms with van der Waals surface area (Å²) < 4.78 is 16.5. The fourth-order valence-corrected chi connectivity index (χ4v) is 3.64. The van der Waals surface area contributed by atoms with Gasteiger partial charge in [0, 0.05) is 11.6 Å². The van der Waals surface area contributed by atoms with Crippen LogP contribution in [0.3, 0.4) is 0 Å². The van der Waals surface area contributed by atoms with Crippen molar-refractivity contribution in [2.24, 2.45) is 0 Å². The predicted molar refractivity (Wildman–Crippen MR) is 125 cm³/mol. The van der Waals surface area contributed by atoms with Crippen LogP contribution < -0.4 is 4.74 Å². The quantitative estimate of drug-likeness (QED) is 0.197. The standard InChI is InChI=1S/C26H30O8/c1-3-5-11-32-22(30)10-7-16-13-18-23(26(31)33-12-6-4-2)24(34-25(18)21(29)14-16)17-8-9-19(27)20(28)15-17/h7-10,13-15,23-24,27-29H,3-6,11-12H2,1-2H3/b10-7+/t23-,24+/m1/s1. The Bertz CT molecular complexity index is 1060. The molecular formula is C26H30O8. The number of hydrogen-bond acceptors (Lipinski definition) is 8. The largest absolute Gasteiger partial charge is 0.504 e. The van der Waals surface area contributed by atoms with Gasteiger partial charge >= 0.3 is 11.9 Å². The van der Waals surface area contributed by atoms with Gasteiger partial charge in [-0.05, 0) is 54.3 Å². The van der Waals surface area contributed by atoms with E-state index in [0.717, 1.165) is 19.3 Å². The van der Waals surface area contributed by atoms with E-state index < -0.39 is 24.0 Å². The van der Waals surface area contributed by atoms with Crippen LogP contribution in [0.25, 0.3) is 6.08 Å². The first-order valence-corrected chi connectivity index (χ1v) is 11.4. The number of benzene rings is 2. The summed E-state index contributed by atoms with van der Waals surface area (Å²) in [6, 6.07) is 7.21. The normalized spacial score (nSPS) is 16.8. The zero-order valence-electron chi connectivity index (χ0n) is 19.3. The third kappa shape index (κ3) is 5.81. The number of carbonyl (C=O) groups excluding carboxylic acids is 2. The molecule has 0 saturated heterocycles. The van der Waals surface area contributed by atoms with Crippen molar-refractivity contribution >= 4 is 18.0 Å². The van der Waals surface area contributed by atoms with E-state index in [9.17, 15) is 24.9 Å². The number of hydrogen-bond donors (Lipinski definition) is 3. The zero-order chi connectivity index (χ0) is 24.7. The van der Waals surface area contributed by atoms with Gasteiger partial charge in [0.15, 0.2) is 23.0 Å². The van der Waals surface area contributed by atoms with Crippen LogP contribution in [0.15, 0.2) is 36.4 Å². The van der Waals surface area contributed by atoms with E-state index in [1.165, 1.54) is 36.4 Å². The summed E-state index contributed by atoms with van der Waals surface area (Å²) in [6.07, 6.45) is 5.09. The lowest BCUT2D eigenvalue weighted by Crippen LogP contribution is -2.21. The SMILES string of the molecule is CCCCOC(=O)/C=C/c1cc(O)c2c(c1)[C@@H](C(=O)OCCCC)[C@H](c1ccc(O)c(O)c1)O2. The second kappa shape index (κ2) is 11.4. The molecule has 8 heteroatoms. The van der Waals surface area contributed by atoms with Crippen molar-refractivity contribution in [1.82, 2.24) is 0 Å². The molecule has 0 bridgehead atoms. The highest BCUT2D eigenvalue weighted by Crippen LogP contribution is 2.51. The van der Waals surface area contributed by atoms with Crippen LogP contribution in [0.1, 0.15) is 68.2 Å². The first-order valence-electron chi connectivity index (χ1n) is 11.4. The number of phenols is 3. The molecule has 8 nitrogen and oxygen atoms in total. The van der Waals surface area contributed by atoms with Gasteiger partial charge < -0.3 is 29.5 Å². The van der Waals surface area contributed by atoms with Crippen LogP contribution in [0.4, 0.5) is 0 Å². The monoisotopic (exact) mass is 470 g/mol. The van der Waals surface area contributed by atoms with Gasteiger partial charge in [-0.3, -0.25) is 4.79 Å². The lowest BCUT2D eigenvalue weighted by Gasteiger charge is -2.19. The Morgan fingerprint density at radius 3 is 2.32 bits per heavy atom. The maximum absolute atomic E-state index is 13.1. The van der Waals surface area contributed by atoms with Crippen molar-refractivity contribution in [2.45, 2.75) is 51.6 Å². The Morgan fingerprint density at radius 1 is 0.941 bits per heavy atom. The number of esters is 2. The summed E-state index contributed by atoms with van der Waals surface area (Å²) in [6.45, 7) is 4.54. The van der Waals surface area contributed by atoms with Gasteiger partial charge in [0.2, 0.25) is 0 Å². The van der Waals surface area contributed by atoms with Crippen molar-refractivity contribution in [3.8, 4) is 23.0 Å². The highest BCUT2D eigenvalue weighted by atomic mass is 16.5. The highest BCUT2D eigenvalue weighted by molar-refractivity contribution is 5.88. The van der Waals surface area contributed by atoms with Crippen molar-refractivity contribution in [3.05, 3.63) is 53.1 Å². The number of aromatic hydroxyl groups is 3. The Hall–Kier alpha value is -3.68. The van der Waals surface area contributed by atoms with Crippen LogP contribution in [0, 0.1) is 0 Å². The maximum atomic E-state index is 13.1. The van der Waals surface area contributed by atoms with Gasteiger partial charge in [0.05, 0.1) is 13.2 Å². The molecule has 1 aliphatic rings. The van der Waals surface area contributed by atoms with Crippen molar-refractivity contribution in [1.29, 1.82) is 0 Å². The molecule has 1 heterocycles. The minimum Gasteiger partial charge on any atom is -0.504 e. The first-order chi connectivity index (χ1) is 16.3. The topological polar surface area (TPSA) is 123 Å². The molecule has 3 N–H and O–H groups in total. The van der Waals surface area contributed by atoms with E-state index in [-0.39, 0.29) is 29.6 Å². The van der Waals surface area contributed by atoms with E-state index in [1.807, 2.05) is 13.8 Å². The van der Waals surface area contributed by atoms with E-state index in [1.54, 1.807) is 6.07 Å². The van der Waals surface area contributed by atoms with E-state index >= 15 is 0 Å². The molecule has 2 aromatic carbocycles. The van der Waals surface area contributed by atoms with Gasteiger partial charge in [-0.15, -0.1) is 0 Å². The van der Waals surface area contributed by atoms with Gasteiger partial charge in [0.1, 0.15) is 12.0 Å². The van der Waals surface area contributed by atoms with Crippen LogP contribution in [0.2, 0.25) is 0 Å². The fraction of sp³-hybridized carbons (Fsp3) is 0.385. The van der Waals surface area contributed by atoms with Gasteiger partial charge in [-0.25, -0.2) is 4.79 Å². The van der Waals surface area contributed by atoms with E-state index in [0.29, 0.717) is 29.7 Å². The summed E-state index contributed by atoms with van der Waals surface area (Å²) in [5, 5.41) is 30.2. The minimum absolute atomic E-state index is 0.123. The van der Waals surface area contributed by atoms with Gasteiger partial charge in [-0.1, -0.05) is 32.8 Å². The van der Waals surface area contributed by atoms with Crippen LogP contribution in [-0.4, -0.2) is 40.5 Å². The number of ether oxygens (including phenoxy) is 3. The molecule has 0 saturated carbocycles. The number of fused-ring (bicyclic) bond motifs is 1. The number of phenolic OH excluding ortho intramolecular Hbond substituents is 3. The average molecular weight is 471 g/mol. The van der Waals surface area contributed by atoms with Crippen molar-refractivity contribution < 1.29 is 39.1 Å². The van der Waals surface area contributed by atoms with Crippen LogP contribution >= 0.6 is 0 Å². The minimum atomic E-state index is -0.924. The second-order valence-corrected chi connectivity index (χ2v) is 8.10. The lowest BCUT2D eigenvalue weighted by atomic mass is 9.90. The van der Waals surface area contributed by atoms with Gasteiger partial charge in [-0.2, -0.15) is 0 Å². The molecule has 3 rings (SSSR count). The summed E-state index contributed by atoms with van der Waals surface area (Å²) in [5.74, 6) is -2.70. The third-order valence-corrected chi connectivity index (χ3v) is 5.48. The molecule has 2 atom stereocenters. The summed E-state index contributed by atoms with van der Waals surface area (Å²) in [4.78, 5) is 25.0. The molecular weight excluding hydrogens is 440 g/mol. The average Bonchev–Trinajstić information content (AvgIpc) is 3.20. The molecule has 2 aromatic rings. The molecule has 0 spiro atoms. The molecule has 0 amide bonds.